The molecular weight excluding hydrogens is 261 g/mol. The minimum Gasteiger partial charge on any atom is -0.323 e. The van der Waals surface area contributed by atoms with Crippen molar-refractivity contribution in [1.82, 2.24) is 4.98 Å². The molecule has 18 heavy (non-hydrogen) atoms. The molecule has 0 spiro atoms. The number of hydrogen-bond donors (Lipinski definition) is 1. The van der Waals surface area contributed by atoms with Gasteiger partial charge in [-0.25, -0.2) is 0 Å². The predicted octanol–water partition coefficient (Wildman–Crippen LogP) is 3.40. The van der Waals surface area contributed by atoms with Crippen molar-refractivity contribution in [2.45, 2.75) is 18.6 Å². The Hall–Kier alpha value is -1.40. The topological polar surface area (TPSA) is 38.9 Å². The summed E-state index contributed by atoms with van der Waals surface area (Å²) in [6.07, 6.45) is -2.31. The van der Waals surface area contributed by atoms with Crippen LogP contribution in [0.5, 0.6) is 0 Å². The van der Waals surface area contributed by atoms with Gasteiger partial charge >= 0.3 is 6.18 Å². The number of nitrogens with zero attached hydrogens (tertiary/aromatic N) is 1. The van der Waals surface area contributed by atoms with Crippen molar-refractivity contribution in [3.63, 3.8) is 0 Å². The Morgan fingerprint density at radius 3 is 2.72 bits per heavy atom. The Morgan fingerprint density at radius 1 is 1.33 bits per heavy atom. The quantitative estimate of drug-likeness (QED) is 0.930. The summed E-state index contributed by atoms with van der Waals surface area (Å²) in [7, 11) is 0. The van der Waals surface area contributed by atoms with Crippen LogP contribution >= 0.6 is 11.3 Å². The number of rotatable bonds is 3. The number of hydrogen-bond acceptors (Lipinski definition) is 3. The molecule has 0 fully saturated rings. The van der Waals surface area contributed by atoms with E-state index in [4.69, 9.17) is 5.73 Å². The fourth-order valence-corrected chi connectivity index (χ4v) is 2.26. The van der Waals surface area contributed by atoms with Gasteiger partial charge in [-0.1, -0.05) is 18.2 Å². The summed E-state index contributed by atoms with van der Waals surface area (Å²) >= 11 is 1.40. The largest absolute Gasteiger partial charge is 0.416 e. The standard InChI is InChI=1S/C12H11F3N2S/c13-12(14,15)9-3-1-2-8(4-9)5-10(16)11-6-17-7-18-11/h1-4,6-7,10H,5,16H2. The molecule has 1 aromatic carbocycles. The Balaban J connectivity index is 2.15. The maximum absolute atomic E-state index is 12.5. The lowest BCUT2D eigenvalue weighted by molar-refractivity contribution is -0.137. The van der Waals surface area contributed by atoms with Crippen LogP contribution in [0.15, 0.2) is 36.0 Å². The van der Waals surface area contributed by atoms with Crippen molar-refractivity contribution >= 4 is 11.3 Å². The van der Waals surface area contributed by atoms with Gasteiger partial charge in [0, 0.05) is 17.1 Å². The van der Waals surface area contributed by atoms with Gasteiger partial charge in [0.15, 0.2) is 0 Å². The first-order valence-corrected chi connectivity index (χ1v) is 6.15. The zero-order chi connectivity index (χ0) is 13.2. The normalized spacial score (nSPS) is 13.6. The lowest BCUT2D eigenvalue weighted by Gasteiger charge is -2.11. The number of aromatic nitrogens is 1. The second-order valence-electron chi connectivity index (χ2n) is 3.91. The third kappa shape index (κ3) is 3.08. The SMILES string of the molecule is NC(Cc1cccc(C(F)(F)F)c1)c1cncs1. The van der Waals surface area contributed by atoms with E-state index < -0.39 is 11.7 Å². The Morgan fingerprint density at radius 2 is 2.11 bits per heavy atom. The summed E-state index contributed by atoms with van der Waals surface area (Å²) in [5.74, 6) is 0. The minimum atomic E-state index is -4.31. The molecule has 0 saturated carbocycles. The number of alkyl halides is 3. The average molecular weight is 272 g/mol. The molecule has 0 saturated heterocycles. The number of thiazole rings is 1. The summed E-state index contributed by atoms with van der Waals surface area (Å²) < 4.78 is 37.6. The number of benzene rings is 1. The third-order valence-electron chi connectivity index (χ3n) is 2.53. The van der Waals surface area contributed by atoms with E-state index in [-0.39, 0.29) is 6.04 Å². The van der Waals surface area contributed by atoms with Gasteiger partial charge in [-0.3, -0.25) is 4.98 Å². The molecule has 2 rings (SSSR count). The van der Waals surface area contributed by atoms with Gasteiger partial charge in [-0.15, -0.1) is 11.3 Å². The molecule has 0 amide bonds. The summed E-state index contributed by atoms with van der Waals surface area (Å²) in [5, 5.41) is 0. The zero-order valence-electron chi connectivity index (χ0n) is 9.32. The maximum Gasteiger partial charge on any atom is 0.416 e. The van der Waals surface area contributed by atoms with Crippen LogP contribution in [0.3, 0.4) is 0 Å². The van der Waals surface area contributed by atoms with Crippen LogP contribution in [-0.2, 0) is 12.6 Å². The van der Waals surface area contributed by atoms with Crippen molar-refractivity contribution in [3.05, 3.63) is 52.0 Å². The van der Waals surface area contributed by atoms with Crippen LogP contribution in [0.4, 0.5) is 13.2 Å². The van der Waals surface area contributed by atoms with E-state index in [1.54, 1.807) is 17.8 Å². The van der Waals surface area contributed by atoms with Gasteiger partial charge in [0.1, 0.15) is 0 Å². The highest BCUT2D eigenvalue weighted by Gasteiger charge is 2.30. The zero-order valence-corrected chi connectivity index (χ0v) is 10.1. The summed E-state index contributed by atoms with van der Waals surface area (Å²) in [6, 6.07) is 4.93. The molecule has 1 aromatic heterocycles. The first-order chi connectivity index (χ1) is 8.47. The van der Waals surface area contributed by atoms with Crippen LogP contribution in [0.25, 0.3) is 0 Å². The van der Waals surface area contributed by atoms with Crippen molar-refractivity contribution in [2.75, 3.05) is 0 Å². The van der Waals surface area contributed by atoms with E-state index in [0.29, 0.717) is 12.0 Å². The molecule has 0 aliphatic heterocycles. The molecule has 96 valence electrons. The van der Waals surface area contributed by atoms with E-state index in [1.165, 1.54) is 17.4 Å². The molecule has 2 N–H and O–H groups in total. The monoisotopic (exact) mass is 272 g/mol. The molecule has 0 aliphatic rings. The number of nitrogens with two attached hydrogens (primary N) is 1. The van der Waals surface area contributed by atoms with Crippen LogP contribution in [0.1, 0.15) is 22.0 Å². The third-order valence-corrected chi connectivity index (χ3v) is 3.43. The van der Waals surface area contributed by atoms with Crippen molar-refractivity contribution in [1.29, 1.82) is 0 Å². The molecule has 2 nitrogen and oxygen atoms in total. The van der Waals surface area contributed by atoms with Crippen molar-refractivity contribution in [3.8, 4) is 0 Å². The fraction of sp³-hybridized carbons (Fsp3) is 0.250. The van der Waals surface area contributed by atoms with E-state index in [2.05, 4.69) is 4.98 Å². The van der Waals surface area contributed by atoms with Crippen LogP contribution < -0.4 is 5.73 Å². The molecule has 0 aliphatic carbocycles. The van der Waals surface area contributed by atoms with Crippen molar-refractivity contribution < 1.29 is 13.2 Å². The van der Waals surface area contributed by atoms with Gasteiger partial charge in [0.2, 0.25) is 0 Å². The molecule has 1 atom stereocenters. The summed E-state index contributed by atoms with van der Waals surface area (Å²) in [4.78, 5) is 4.77. The summed E-state index contributed by atoms with van der Waals surface area (Å²) in [6.45, 7) is 0. The summed E-state index contributed by atoms with van der Waals surface area (Å²) in [5.41, 5.74) is 7.51. The molecule has 1 unspecified atom stereocenters. The van der Waals surface area contributed by atoms with Gasteiger partial charge < -0.3 is 5.73 Å². The van der Waals surface area contributed by atoms with E-state index in [9.17, 15) is 13.2 Å². The lowest BCUT2D eigenvalue weighted by Crippen LogP contribution is -2.13. The highest BCUT2D eigenvalue weighted by atomic mass is 32.1. The minimum absolute atomic E-state index is 0.319. The van der Waals surface area contributed by atoms with Gasteiger partial charge in [-0.05, 0) is 18.1 Å². The number of halogens is 3. The van der Waals surface area contributed by atoms with E-state index in [0.717, 1.165) is 17.0 Å². The van der Waals surface area contributed by atoms with Gasteiger partial charge in [-0.2, -0.15) is 13.2 Å². The van der Waals surface area contributed by atoms with E-state index in [1.807, 2.05) is 0 Å². The molecule has 0 bridgehead atoms. The van der Waals surface area contributed by atoms with E-state index >= 15 is 0 Å². The molecule has 1 heterocycles. The predicted molar refractivity (Wildman–Crippen MR) is 64.2 cm³/mol. The maximum atomic E-state index is 12.5. The Bertz CT molecular complexity index is 508. The average Bonchev–Trinajstić information content (AvgIpc) is 2.81. The Kier molecular flexibility index (Phi) is 3.68. The molecule has 6 heteroatoms. The van der Waals surface area contributed by atoms with Gasteiger partial charge in [0.25, 0.3) is 0 Å². The lowest BCUT2D eigenvalue weighted by atomic mass is 10.0. The van der Waals surface area contributed by atoms with Crippen LogP contribution in [-0.4, -0.2) is 4.98 Å². The molecule has 0 radical (unpaired) electrons. The van der Waals surface area contributed by atoms with Gasteiger partial charge in [0.05, 0.1) is 11.1 Å². The second-order valence-corrected chi connectivity index (χ2v) is 4.83. The highest BCUT2D eigenvalue weighted by molar-refractivity contribution is 7.09. The first-order valence-electron chi connectivity index (χ1n) is 5.27. The molecule has 2 aromatic rings. The van der Waals surface area contributed by atoms with Crippen molar-refractivity contribution in [2.24, 2.45) is 5.73 Å². The first kappa shape index (κ1) is 13.0. The van der Waals surface area contributed by atoms with Crippen LogP contribution in [0.2, 0.25) is 0 Å². The van der Waals surface area contributed by atoms with Crippen LogP contribution in [0, 0.1) is 0 Å². The Labute approximate surface area is 106 Å². The fourth-order valence-electron chi connectivity index (χ4n) is 1.64. The second kappa shape index (κ2) is 5.07. The highest BCUT2D eigenvalue weighted by Crippen LogP contribution is 2.30. The molecular formula is C12H11F3N2S. The smallest absolute Gasteiger partial charge is 0.323 e.